The largest absolute Gasteiger partial charge is 0.384 e. The lowest BCUT2D eigenvalue weighted by Crippen LogP contribution is -2.35. The third-order valence-electron chi connectivity index (χ3n) is 3.40. The van der Waals surface area contributed by atoms with Crippen molar-refractivity contribution in [3.63, 3.8) is 0 Å². The van der Waals surface area contributed by atoms with E-state index in [9.17, 15) is 0 Å². The Kier molecular flexibility index (Phi) is 4.15. The summed E-state index contributed by atoms with van der Waals surface area (Å²) in [5.74, 6) is 1.66. The molecule has 1 aliphatic rings. The van der Waals surface area contributed by atoms with Crippen molar-refractivity contribution in [1.82, 2.24) is 4.98 Å². The Morgan fingerprint density at radius 1 is 1.56 bits per heavy atom. The van der Waals surface area contributed by atoms with E-state index < -0.39 is 0 Å². The van der Waals surface area contributed by atoms with Gasteiger partial charge in [0.1, 0.15) is 11.7 Å². The highest BCUT2D eigenvalue weighted by Crippen LogP contribution is 2.22. The van der Waals surface area contributed by atoms with Crippen LogP contribution in [0.1, 0.15) is 18.4 Å². The van der Waals surface area contributed by atoms with Crippen molar-refractivity contribution in [3.05, 3.63) is 23.9 Å². The Hall–Kier alpha value is -1.62. The van der Waals surface area contributed by atoms with E-state index in [1.54, 1.807) is 19.4 Å². The van der Waals surface area contributed by atoms with Gasteiger partial charge in [-0.3, -0.25) is 5.41 Å². The Balaban J connectivity index is 2.01. The van der Waals surface area contributed by atoms with E-state index in [1.807, 2.05) is 6.07 Å². The van der Waals surface area contributed by atoms with Crippen LogP contribution in [0.15, 0.2) is 18.3 Å². The Morgan fingerprint density at radius 3 is 2.89 bits per heavy atom. The number of hydrogen-bond donors (Lipinski definition) is 2. The van der Waals surface area contributed by atoms with Gasteiger partial charge < -0.3 is 15.4 Å². The first-order chi connectivity index (χ1) is 8.70. The average molecular weight is 248 g/mol. The predicted octanol–water partition coefficient (Wildman–Crippen LogP) is 1.23. The summed E-state index contributed by atoms with van der Waals surface area (Å²) in [7, 11) is 1.75. The highest BCUT2D eigenvalue weighted by molar-refractivity contribution is 5.95. The third kappa shape index (κ3) is 2.98. The molecular weight excluding hydrogens is 228 g/mol. The van der Waals surface area contributed by atoms with Crippen LogP contribution >= 0.6 is 0 Å². The molecule has 1 aromatic rings. The van der Waals surface area contributed by atoms with Crippen LogP contribution in [0.3, 0.4) is 0 Å². The van der Waals surface area contributed by atoms with E-state index in [1.165, 1.54) is 0 Å². The van der Waals surface area contributed by atoms with Crippen molar-refractivity contribution in [2.24, 2.45) is 11.7 Å². The number of ether oxygens (including phenoxy) is 1. The third-order valence-corrected chi connectivity index (χ3v) is 3.40. The fraction of sp³-hybridized carbons (Fsp3) is 0.538. The zero-order chi connectivity index (χ0) is 13.0. The molecule has 18 heavy (non-hydrogen) atoms. The van der Waals surface area contributed by atoms with Crippen LogP contribution in [0.5, 0.6) is 0 Å². The van der Waals surface area contributed by atoms with Gasteiger partial charge in [0.25, 0.3) is 0 Å². The van der Waals surface area contributed by atoms with Gasteiger partial charge in [0.15, 0.2) is 0 Å². The van der Waals surface area contributed by atoms with E-state index in [4.69, 9.17) is 15.9 Å². The fourth-order valence-electron chi connectivity index (χ4n) is 2.32. The molecule has 0 aromatic carbocycles. The van der Waals surface area contributed by atoms with Gasteiger partial charge in [-0.05, 0) is 30.9 Å². The number of methoxy groups -OCH3 is 1. The number of amidine groups is 1. The molecular formula is C13H20N4O. The normalized spacial score (nSPS) is 16.8. The van der Waals surface area contributed by atoms with E-state index >= 15 is 0 Å². The van der Waals surface area contributed by atoms with Crippen molar-refractivity contribution in [2.45, 2.75) is 12.8 Å². The molecule has 2 heterocycles. The van der Waals surface area contributed by atoms with Crippen molar-refractivity contribution in [2.75, 3.05) is 31.7 Å². The SMILES string of the molecule is COCC1CCN(c2cc(C(=N)N)ccn2)CC1. The molecule has 1 fully saturated rings. The summed E-state index contributed by atoms with van der Waals surface area (Å²) in [6.45, 7) is 2.82. The molecule has 98 valence electrons. The van der Waals surface area contributed by atoms with Crippen LogP contribution in [-0.2, 0) is 4.74 Å². The second-order valence-corrected chi connectivity index (χ2v) is 4.70. The summed E-state index contributed by atoms with van der Waals surface area (Å²) >= 11 is 0. The first-order valence-electron chi connectivity index (χ1n) is 6.25. The molecule has 0 amide bonds. The standard InChI is InChI=1S/C13H20N4O/c1-18-9-10-3-6-17(7-4-10)12-8-11(13(14)15)2-5-16-12/h2,5,8,10H,3-4,6-7,9H2,1H3,(H3,14,15). The maximum absolute atomic E-state index is 7.45. The number of pyridine rings is 1. The second-order valence-electron chi connectivity index (χ2n) is 4.70. The number of nitrogens with one attached hydrogen (secondary N) is 1. The summed E-state index contributed by atoms with van der Waals surface area (Å²) in [6, 6.07) is 3.66. The number of nitrogens with zero attached hydrogens (tertiary/aromatic N) is 2. The van der Waals surface area contributed by atoms with Crippen LogP contribution in [0.4, 0.5) is 5.82 Å². The molecule has 2 rings (SSSR count). The van der Waals surface area contributed by atoms with E-state index in [0.717, 1.165) is 43.9 Å². The van der Waals surface area contributed by atoms with Crippen molar-refractivity contribution in [1.29, 1.82) is 5.41 Å². The van der Waals surface area contributed by atoms with E-state index in [-0.39, 0.29) is 5.84 Å². The van der Waals surface area contributed by atoms with Crippen molar-refractivity contribution < 1.29 is 4.74 Å². The second kappa shape index (κ2) is 5.82. The molecule has 1 aromatic heterocycles. The molecule has 0 bridgehead atoms. The number of hydrogen-bond acceptors (Lipinski definition) is 4. The molecule has 0 atom stereocenters. The zero-order valence-electron chi connectivity index (χ0n) is 10.7. The van der Waals surface area contributed by atoms with Gasteiger partial charge in [-0.15, -0.1) is 0 Å². The Morgan fingerprint density at radius 2 is 2.28 bits per heavy atom. The smallest absolute Gasteiger partial charge is 0.129 e. The van der Waals surface area contributed by atoms with Crippen molar-refractivity contribution in [3.8, 4) is 0 Å². The zero-order valence-corrected chi connectivity index (χ0v) is 10.7. The van der Waals surface area contributed by atoms with Crippen LogP contribution in [0.2, 0.25) is 0 Å². The number of piperidine rings is 1. The minimum Gasteiger partial charge on any atom is -0.384 e. The number of aromatic nitrogens is 1. The first kappa shape index (κ1) is 12.8. The molecule has 5 heteroatoms. The fourth-order valence-corrected chi connectivity index (χ4v) is 2.32. The molecule has 0 unspecified atom stereocenters. The molecule has 0 spiro atoms. The molecule has 3 N–H and O–H groups in total. The summed E-state index contributed by atoms with van der Waals surface area (Å²) in [5.41, 5.74) is 6.23. The maximum atomic E-state index is 7.45. The Labute approximate surface area is 107 Å². The van der Waals surface area contributed by atoms with Crippen LogP contribution in [0.25, 0.3) is 0 Å². The van der Waals surface area contributed by atoms with E-state index in [0.29, 0.717) is 5.92 Å². The summed E-state index contributed by atoms with van der Waals surface area (Å²) in [6.07, 6.45) is 3.97. The van der Waals surface area contributed by atoms with Crippen LogP contribution < -0.4 is 10.6 Å². The quantitative estimate of drug-likeness (QED) is 0.620. The molecule has 0 aliphatic carbocycles. The summed E-state index contributed by atoms with van der Waals surface area (Å²) in [5, 5.41) is 7.45. The van der Waals surface area contributed by atoms with E-state index in [2.05, 4.69) is 9.88 Å². The lowest BCUT2D eigenvalue weighted by Gasteiger charge is -2.32. The lowest BCUT2D eigenvalue weighted by molar-refractivity contribution is 0.139. The average Bonchev–Trinajstić information content (AvgIpc) is 2.40. The minimum absolute atomic E-state index is 0.0907. The molecule has 0 saturated carbocycles. The van der Waals surface area contributed by atoms with Gasteiger partial charge in [-0.2, -0.15) is 0 Å². The molecule has 5 nitrogen and oxygen atoms in total. The lowest BCUT2D eigenvalue weighted by atomic mass is 9.98. The van der Waals surface area contributed by atoms with Gasteiger partial charge in [-0.1, -0.05) is 0 Å². The number of nitrogen functional groups attached to an aromatic ring is 1. The monoisotopic (exact) mass is 248 g/mol. The molecule has 1 aliphatic heterocycles. The highest BCUT2D eigenvalue weighted by Gasteiger charge is 2.20. The number of anilines is 1. The van der Waals surface area contributed by atoms with Crippen molar-refractivity contribution >= 4 is 11.7 Å². The van der Waals surface area contributed by atoms with Gasteiger partial charge in [0.05, 0.1) is 0 Å². The van der Waals surface area contributed by atoms with Crippen LogP contribution in [0, 0.1) is 11.3 Å². The Bertz CT molecular complexity index is 413. The van der Waals surface area contributed by atoms with Gasteiger partial charge >= 0.3 is 0 Å². The highest BCUT2D eigenvalue weighted by atomic mass is 16.5. The van der Waals surface area contributed by atoms with Gasteiger partial charge in [0.2, 0.25) is 0 Å². The van der Waals surface area contributed by atoms with Gasteiger partial charge in [-0.25, -0.2) is 4.98 Å². The van der Waals surface area contributed by atoms with Crippen LogP contribution in [-0.4, -0.2) is 37.6 Å². The summed E-state index contributed by atoms with van der Waals surface area (Å²) < 4.78 is 5.19. The number of nitrogens with two attached hydrogens (primary N) is 1. The number of rotatable bonds is 4. The summed E-state index contributed by atoms with van der Waals surface area (Å²) in [4.78, 5) is 6.61. The van der Waals surface area contributed by atoms with Gasteiger partial charge in [0, 0.05) is 38.6 Å². The first-order valence-corrected chi connectivity index (χ1v) is 6.25. The minimum atomic E-state index is 0.0907. The maximum Gasteiger partial charge on any atom is 0.129 e. The molecule has 0 radical (unpaired) electrons. The topological polar surface area (TPSA) is 75.2 Å². The molecule has 1 saturated heterocycles. The predicted molar refractivity (Wildman–Crippen MR) is 72.1 cm³/mol.